The van der Waals surface area contributed by atoms with Crippen LogP contribution < -0.4 is 5.32 Å². The molecule has 3 aromatic rings. The van der Waals surface area contributed by atoms with E-state index < -0.39 is 0 Å². The summed E-state index contributed by atoms with van der Waals surface area (Å²) in [7, 11) is 0. The van der Waals surface area contributed by atoms with Crippen LogP contribution in [0, 0.1) is 0 Å². The lowest BCUT2D eigenvalue weighted by Crippen LogP contribution is -2.12. The summed E-state index contributed by atoms with van der Waals surface area (Å²) in [6, 6.07) is 12.6. The average Bonchev–Trinajstić information content (AvgIpc) is 2.98. The minimum atomic E-state index is -0.204. The Balaban J connectivity index is 1.73. The molecule has 3 rings (SSSR count). The van der Waals surface area contributed by atoms with E-state index in [1.807, 2.05) is 24.3 Å². The second-order valence-electron chi connectivity index (χ2n) is 4.98. The lowest BCUT2D eigenvalue weighted by molar-refractivity contribution is 0.102. The van der Waals surface area contributed by atoms with Crippen LogP contribution in [0.15, 0.2) is 53.1 Å². The number of nitrogens with zero attached hydrogens (tertiary/aromatic N) is 1. The third kappa shape index (κ3) is 4.16. The third-order valence-corrected chi connectivity index (χ3v) is 5.47. The molecule has 0 radical (unpaired) electrons. The van der Waals surface area contributed by atoms with Gasteiger partial charge >= 0.3 is 0 Å². The SMILES string of the molecule is O=C(Nc1ncc(Cc2cc(Cl)ccc2Cl)s1)c1ccccc1Br. The number of carbonyl (C=O) groups is 1. The van der Waals surface area contributed by atoms with Gasteiger partial charge < -0.3 is 0 Å². The van der Waals surface area contributed by atoms with Gasteiger partial charge in [0.05, 0.1) is 5.56 Å². The summed E-state index contributed by atoms with van der Waals surface area (Å²) in [5.74, 6) is -0.204. The Bertz CT molecular complexity index is 898. The van der Waals surface area contributed by atoms with Crippen molar-refractivity contribution in [1.82, 2.24) is 4.98 Å². The fraction of sp³-hybridized carbons (Fsp3) is 0.0588. The number of halogens is 3. The van der Waals surface area contributed by atoms with Crippen LogP contribution in [0.25, 0.3) is 0 Å². The van der Waals surface area contributed by atoms with E-state index in [1.54, 1.807) is 24.4 Å². The highest BCUT2D eigenvalue weighted by molar-refractivity contribution is 9.10. The van der Waals surface area contributed by atoms with Gasteiger partial charge in [0.2, 0.25) is 0 Å². The molecule has 0 saturated carbocycles. The number of aromatic nitrogens is 1. The molecule has 122 valence electrons. The van der Waals surface area contributed by atoms with E-state index in [1.165, 1.54) is 11.3 Å². The highest BCUT2D eigenvalue weighted by Crippen LogP contribution is 2.27. The monoisotopic (exact) mass is 440 g/mol. The maximum Gasteiger partial charge on any atom is 0.258 e. The van der Waals surface area contributed by atoms with Gasteiger partial charge in [-0.15, -0.1) is 11.3 Å². The largest absolute Gasteiger partial charge is 0.298 e. The number of nitrogens with one attached hydrogen (secondary N) is 1. The minimum Gasteiger partial charge on any atom is -0.298 e. The topological polar surface area (TPSA) is 42.0 Å². The molecule has 0 atom stereocenters. The molecule has 0 aliphatic rings. The highest BCUT2D eigenvalue weighted by Gasteiger charge is 2.12. The lowest BCUT2D eigenvalue weighted by Gasteiger charge is -2.04. The lowest BCUT2D eigenvalue weighted by atomic mass is 10.1. The minimum absolute atomic E-state index is 0.204. The number of anilines is 1. The number of carbonyl (C=O) groups excluding carboxylic acids is 1. The van der Waals surface area contributed by atoms with Gasteiger partial charge in [0, 0.05) is 32.0 Å². The number of thiazole rings is 1. The molecule has 0 unspecified atom stereocenters. The molecule has 0 aliphatic heterocycles. The first-order valence-electron chi connectivity index (χ1n) is 6.97. The molecule has 24 heavy (non-hydrogen) atoms. The van der Waals surface area contributed by atoms with Gasteiger partial charge in [0.1, 0.15) is 0 Å². The van der Waals surface area contributed by atoms with Crippen molar-refractivity contribution in [2.45, 2.75) is 6.42 Å². The van der Waals surface area contributed by atoms with Crippen LogP contribution in [0.1, 0.15) is 20.8 Å². The van der Waals surface area contributed by atoms with E-state index >= 15 is 0 Å². The molecule has 0 spiro atoms. The Morgan fingerprint density at radius 2 is 2.00 bits per heavy atom. The summed E-state index contributed by atoms with van der Waals surface area (Å²) in [5, 5.41) is 4.65. The van der Waals surface area contributed by atoms with Crippen LogP contribution in [0.4, 0.5) is 5.13 Å². The van der Waals surface area contributed by atoms with E-state index in [2.05, 4.69) is 26.2 Å². The van der Waals surface area contributed by atoms with Crippen molar-refractivity contribution < 1.29 is 4.79 Å². The summed E-state index contributed by atoms with van der Waals surface area (Å²) in [6.45, 7) is 0. The van der Waals surface area contributed by atoms with Gasteiger partial charge in [0.25, 0.3) is 5.91 Å². The predicted molar refractivity (Wildman–Crippen MR) is 103 cm³/mol. The van der Waals surface area contributed by atoms with E-state index in [4.69, 9.17) is 23.2 Å². The second kappa shape index (κ2) is 7.66. The molecule has 0 aliphatic carbocycles. The van der Waals surface area contributed by atoms with Crippen molar-refractivity contribution in [3.05, 3.63) is 79.2 Å². The fourth-order valence-corrected chi connectivity index (χ4v) is 3.80. The zero-order valence-corrected chi connectivity index (χ0v) is 16.1. The molecule has 3 nitrogen and oxygen atoms in total. The van der Waals surface area contributed by atoms with Crippen LogP contribution in [-0.2, 0) is 6.42 Å². The summed E-state index contributed by atoms with van der Waals surface area (Å²) >= 11 is 17.0. The molecule has 1 heterocycles. The predicted octanol–water partition coefficient (Wildman–Crippen LogP) is 6.06. The maximum absolute atomic E-state index is 12.3. The summed E-state index contributed by atoms with van der Waals surface area (Å²) in [4.78, 5) is 17.5. The van der Waals surface area contributed by atoms with Crippen LogP contribution in [0.3, 0.4) is 0 Å². The van der Waals surface area contributed by atoms with Crippen LogP contribution >= 0.6 is 50.5 Å². The molecule has 7 heteroatoms. The van der Waals surface area contributed by atoms with Gasteiger partial charge in [0.15, 0.2) is 5.13 Å². The molecular formula is C17H11BrCl2N2OS. The quantitative estimate of drug-likeness (QED) is 0.534. The number of hydrogen-bond acceptors (Lipinski definition) is 3. The maximum atomic E-state index is 12.3. The molecular weight excluding hydrogens is 431 g/mol. The Kier molecular flexibility index (Phi) is 5.56. The highest BCUT2D eigenvalue weighted by atomic mass is 79.9. The van der Waals surface area contributed by atoms with E-state index in [9.17, 15) is 4.79 Å². The van der Waals surface area contributed by atoms with Crippen molar-refractivity contribution >= 4 is 61.5 Å². The molecule has 0 bridgehead atoms. The molecule has 0 fully saturated rings. The standard InChI is InChI=1S/C17H11BrCl2N2OS/c18-14-4-2-1-3-13(14)16(23)22-17-21-9-12(24-17)8-10-7-11(19)5-6-15(10)20/h1-7,9H,8H2,(H,21,22,23). The van der Waals surface area contributed by atoms with Crippen LogP contribution in [-0.4, -0.2) is 10.9 Å². The second-order valence-corrected chi connectivity index (χ2v) is 7.79. The van der Waals surface area contributed by atoms with Crippen molar-refractivity contribution in [1.29, 1.82) is 0 Å². The number of amides is 1. The first kappa shape index (κ1) is 17.4. The Morgan fingerprint density at radius 3 is 2.79 bits per heavy atom. The Labute approximate surface area is 161 Å². The van der Waals surface area contributed by atoms with E-state index in [0.717, 1.165) is 14.9 Å². The van der Waals surface area contributed by atoms with E-state index in [0.29, 0.717) is 27.2 Å². The van der Waals surface area contributed by atoms with Gasteiger partial charge in [-0.2, -0.15) is 0 Å². The molecule has 1 N–H and O–H groups in total. The summed E-state index contributed by atoms with van der Waals surface area (Å²) in [5.41, 5.74) is 1.49. The normalized spacial score (nSPS) is 10.6. The zero-order valence-electron chi connectivity index (χ0n) is 12.2. The number of hydrogen-bond donors (Lipinski definition) is 1. The first-order chi connectivity index (χ1) is 11.5. The van der Waals surface area contributed by atoms with Crippen molar-refractivity contribution in [2.75, 3.05) is 5.32 Å². The van der Waals surface area contributed by atoms with Crippen molar-refractivity contribution in [3.63, 3.8) is 0 Å². The van der Waals surface area contributed by atoms with Gasteiger partial charge in [-0.3, -0.25) is 10.1 Å². The summed E-state index contributed by atoms with van der Waals surface area (Å²) in [6.07, 6.45) is 2.35. The van der Waals surface area contributed by atoms with Gasteiger partial charge in [-0.05, 0) is 51.8 Å². The molecule has 2 aromatic carbocycles. The fourth-order valence-electron chi connectivity index (χ4n) is 2.12. The van der Waals surface area contributed by atoms with Gasteiger partial charge in [-0.25, -0.2) is 4.98 Å². The molecule has 0 saturated heterocycles. The zero-order chi connectivity index (χ0) is 17.1. The van der Waals surface area contributed by atoms with Crippen LogP contribution in [0.2, 0.25) is 10.0 Å². The van der Waals surface area contributed by atoms with Crippen molar-refractivity contribution in [2.24, 2.45) is 0 Å². The summed E-state index contributed by atoms with van der Waals surface area (Å²) < 4.78 is 0.741. The molecule has 1 amide bonds. The Morgan fingerprint density at radius 1 is 1.21 bits per heavy atom. The smallest absolute Gasteiger partial charge is 0.258 e. The molecule has 1 aromatic heterocycles. The Hall–Kier alpha value is -1.40. The average molecular weight is 442 g/mol. The third-order valence-electron chi connectivity index (χ3n) is 3.26. The van der Waals surface area contributed by atoms with Crippen LogP contribution in [0.5, 0.6) is 0 Å². The first-order valence-corrected chi connectivity index (χ1v) is 9.34. The van der Waals surface area contributed by atoms with E-state index in [-0.39, 0.29) is 5.91 Å². The number of rotatable bonds is 4. The van der Waals surface area contributed by atoms with Gasteiger partial charge in [-0.1, -0.05) is 35.3 Å². The van der Waals surface area contributed by atoms with Crippen molar-refractivity contribution in [3.8, 4) is 0 Å². The number of benzene rings is 2.